The van der Waals surface area contributed by atoms with E-state index in [-0.39, 0.29) is 17.8 Å². The largest absolute Gasteiger partial charge is 0.381 e. The van der Waals surface area contributed by atoms with Crippen LogP contribution in [0, 0.1) is 5.92 Å². The number of hydrogen-bond acceptors (Lipinski definition) is 3. The highest BCUT2D eigenvalue weighted by molar-refractivity contribution is 7.12. The van der Waals surface area contributed by atoms with Crippen molar-refractivity contribution in [2.24, 2.45) is 5.92 Å². The van der Waals surface area contributed by atoms with Gasteiger partial charge < -0.3 is 4.74 Å². The highest BCUT2D eigenvalue weighted by Gasteiger charge is 2.44. The fraction of sp³-hybridized carbons (Fsp3) is 0.444. The molecule has 0 N–H and O–H groups in total. The molecule has 0 amide bonds. The van der Waals surface area contributed by atoms with E-state index in [4.69, 9.17) is 16.3 Å². The smallest absolute Gasteiger partial charge is 0.180 e. The van der Waals surface area contributed by atoms with Crippen LogP contribution in [0.2, 0.25) is 5.02 Å². The van der Waals surface area contributed by atoms with Gasteiger partial charge >= 0.3 is 0 Å². The number of hydrogen-bond donors (Lipinski definition) is 0. The van der Waals surface area contributed by atoms with Crippen LogP contribution in [0.25, 0.3) is 0 Å². The molecule has 0 aliphatic heterocycles. The number of ether oxygens (including phenoxy) is 1. The molecule has 1 aliphatic carbocycles. The van der Waals surface area contributed by atoms with Gasteiger partial charge in [-0.1, -0.05) is 11.6 Å². The van der Waals surface area contributed by atoms with E-state index in [9.17, 15) is 4.79 Å². The van der Waals surface area contributed by atoms with Gasteiger partial charge in [0.05, 0.1) is 21.9 Å². The number of ketones is 1. The van der Waals surface area contributed by atoms with Crippen LogP contribution in [0.4, 0.5) is 0 Å². The minimum absolute atomic E-state index is 0.0427. The first kappa shape index (κ1) is 9.19. The van der Waals surface area contributed by atoms with Gasteiger partial charge in [-0.2, -0.15) is 0 Å². The Bertz CT molecular complexity index is 334. The molecule has 2 nitrogen and oxygen atoms in total. The number of carbonyl (C=O) groups excluding carboxylic acids is 1. The van der Waals surface area contributed by atoms with Gasteiger partial charge in [-0.3, -0.25) is 4.79 Å². The average Bonchev–Trinajstić information content (AvgIpc) is 2.80. The van der Waals surface area contributed by atoms with Crippen molar-refractivity contribution in [1.82, 2.24) is 0 Å². The summed E-state index contributed by atoms with van der Waals surface area (Å²) in [5, 5.41) is 2.40. The molecule has 1 saturated carbocycles. The molecular formula is C9H9ClO2S. The summed E-state index contributed by atoms with van der Waals surface area (Å²) in [7, 11) is 1.63. The van der Waals surface area contributed by atoms with E-state index in [0.29, 0.717) is 9.90 Å². The first-order chi connectivity index (χ1) is 6.24. The summed E-state index contributed by atoms with van der Waals surface area (Å²) in [5.41, 5.74) is 0. The van der Waals surface area contributed by atoms with Crippen molar-refractivity contribution in [3.63, 3.8) is 0 Å². The summed E-state index contributed by atoms with van der Waals surface area (Å²) in [6, 6.07) is 1.75. The summed E-state index contributed by atoms with van der Waals surface area (Å²) < 4.78 is 5.07. The van der Waals surface area contributed by atoms with Gasteiger partial charge in [-0.15, -0.1) is 11.3 Å². The Morgan fingerprint density at radius 2 is 2.54 bits per heavy atom. The highest BCUT2D eigenvalue weighted by atomic mass is 35.5. The first-order valence-corrected chi connectivity index (χ1v) is 5.30. The van der Waals surface area contributed by atoms with Gasteiger partial charge in [-0.05, 0) is 17.9 Å². The van der Waals surface area contributed by atoms with Crippen molar-refractivity contribution < 1.29 is 9.53 Å². The van der Waals surface area contributed by atoms with E-state index in [1.165, 1.54) is 11.3 Å². The van der Waals surface area contributed by atoms with Crippen LogP contribution in [-0.4, -0.2) is 19.0 Å². The number of carbonyl (C=O) groups is 1. The van der Waals surface area contributed by atoms with Crippen LogP contribution >= 0.6 is 22.9 Å². The molecule has 0 radical (unpaired) electrons. The van der Waals surface area contributed by atoms with Crippen LogP contribution in [0.3, 0.4) is 0 Å². The number of rotatable bonds is 3. The lowest BCUT2D eigenvalue weighted by molar-refractivity contribution is 0.0922. The Labute approximate surface area is 85.5 Å². The highest BCUT2D eigenvalue weighted by Crippen LogP contribution is 2.38. The van der Waals surface area contributed by atoms with E-state index in [2.05, 4.69) is 0 Å². The van der Waals surface area contributed by atoms with Crippen molar-refractivity contribution in [2.45, 2.75) is 12.5 Å². The minimum atomic E-state index is 0.0427. The second kappa shape index (κ2) is 3.40. The Morgan fingerprint density at radius 1 is 1.77 bits per heavy atom. The number of halogens is 1. The zero-order chi connectivity index (χ0) is 9.42. The van der Waals surface area contributed by atoms with E-state index in [1.54, 1.807) is 13.2 Å². The molecular weight excluding hydrogens is 208 g/mol. The molecule has 0 aromatic carbocycles. The zero-order valence-electron chi connectivity index (χ0n) is 7.12. The van der Waals surface area contributed by atoms with E-state index < -0.39 is 0 Å². The normalized spacial score (nSPS) is 26.0. The first-order valence-electron chi connectivity index (χ1n) is 4.04. The third-order valence-electron chi connectivity index (χ3n) is 2.21. The lowest BCUT2D eigenvalue weighted by Crippen LogP contribution is -2.04. The molecule has 2 rings (SSSR count). The molecule has 1 aromatic rings. The van der Waals surface area contributed by atoms with Crippen LogP contribution in [-0.2, 0) is 4.74 Å². The number of thiophene rings is 1. The predicted molar refractivity (Wildman–Crippen MR) is 52.6 cm³/mol. The summed E-state index contributed by atoms with van der Waals surface area (Å²) in [4.78, 5) is 12.4. The van der Waals surface area contributed by atoms with Crippen LogP contribution in [0.5, 0.6) is 0 Å². The van der Waals surface area contributed by atoms with Crippen molar-refractivity contribution >= 4 is 28.7 Å². The van der Waals surface area contributed by atoms with Crippen LogP contribution < -0.4 is 0 Å². The summed E-state index contributed by atoms with van der Waals surface area (Å²) in [6.45, 7) is 0. The Hall–Kier alpha value is -0.380. The van der Waals surface area contributed by atoms with Gasteiger partial charge in [0, 0.05) is 7.11 Å². The average molecular weight is 217 g/mol. The number of Topliss-reactive ketones (excluding diaryl/α,β-unsaturated/α-hetero) is 1. The van der Waals surface area contributed by atoms with Gasteiger partial charge in [0.1, 0.15) is 0 Å². The Morgan fingerprint density at radius 3 is 3.00 bits per heavy atom. The van der Waals surface area contributed by atoms with E-state index in [0.717, 1.165) is 6.42 Å². The molecule has 2 unspecified atom stereocenters. The summed E-state index contributed by atoms with van der Waals surface area (Å²) in [6.07, 6.45) is 0.953. The topological polar surface area (TPSA) is 26.3 Å². The maximum Gasteiger partial charge on any atom is 0.180 e. The standard InChI is InChI=1S/C9H9ClO2S/c1-12-7-4-5(7)8(11)9-6(10)2-3-13-9/h2-3,5,7H,4H2,1H3. The Kier molecular flexibility index (Phi) is 2.41. The van der Waals surface area contributed by atoms with Gasteiger partial charge in [-0.25, -0.2) is 0 Å². The second-order valence-electron chi connectivity index (χ2n) is 3.08. The maximum atomic E-state index is 11.7. The molecule has 0 bridgehead atoms. The van der Waals surface area contributed by atoms with Gasteiger partial charge in [0.2, 0.25) is 0 Å². The predicted octanol–water partition coefficient (Wildman–Crippen LogP) is 2.62. The second-order valence-corrected chi connectivity index (χ2v) is 4.40. The van der Waals surface area contributed by atoms with E-state index >= 15 is 0 Å². The third-order valence-corrected chi connectivity index (χ3v) is 3.57. The quantitative estimate of drug-likeness (QED) is 0.727. The molecule has 70 valence electrons. The van der Waals surface area contributed by atoms with Crippen molar-refractivity contribution in [3.05, 3.63) is 21.3 Å². The fourth-order valence-electron chi connectivity index (χ4n) is 1.35. The molecule has 1 aliphatic rings. The molecule has 1 fully saturated rings. The lowest BCUT2D eigenvalue weighted by Gasteiger charge is -1.96. The van der Waals surface area contributed by atoms with Crippen LogP contribution in [0.15, 0.2) is 11.4 Å². The molecule has 1 heterocycles. The van der Waals surface area contributed by atoms with Gasteiger partial charge in [0.25, 0.3) is 0 Å². The van der Waals surface area contributed by atoms with Gasteiger partial charge in [0.15, 0.2) is 5.78 Å². The molecule has 0 spiro atoms. The molecule has 4 heteroatoms. The molecule has 2 atom stereocenters. The third kappa shape index (κ3) is 1.64. The summed E-state index contributed by atoms with van der Waals surface area (Å²) >= 11 is 7.25. The monoisotopic (exact) mass is 216 g/mol. The fourth-order valence-corrected chi connectivity index (χ4v) is 2.50. The zero-order valence-corrected chi connectivity index (χ0v) is 8.69. The van der Waals surface area contributed by atoms with Crippen molar-refractivity contribution in [2.75, 3.05) is 7.11 Å². The van der Waals surface area contributed by atoms with Crippen LogP contribution in [0.1, 0.15) is 16.1 Å². The number of methoxy groups -OCH3 is 1. The summed E-state index contributed by atoms with van der Waals surface area (Å²) in [5.74, 6) is 0.174. The van der Waals surface area contributed by atoms with E-state index in [1.807, 2.05) is 5.38 Å². The molecule has 13 heavy (non-hydrogen) atoms. The SMILES string of the molecule is COC1CC1C(=O)c1sccc1Cl. The minimum Gasteiger partial charge on any atom is -0.381 e. The Balaban J connectivity index is 2.11. The van der Waals surface area contributed by atoms with Crippen molar-refractivity contribution in [3.8, 4) is 0 Å². The molecule has 0 saturated heterocycles. The lowest BCUT2D eigenvalue weighted by atomic mass is 10.2. The maximum absolute atomic E-state index is 11.7. The van der Waals surface area contributed by atoms with Crippen molar-refractivity contribution in [1.29, 1.82) is 0 Å². The molecule has 1 aromatic heterocycles.